The van der Waals surface area contributed by atoms with Gasteiger partial charge in [-0.1, -0.05) is 42.5 Å². The number of fused-ring (bicyclic) bond motifs is 1. The molecular weight excluding hydrogens is 394 g/mol. The Labute approximate surface area is 155 Å². The van der Waals surface area contributed by atoms with Crippen LogP contribution in [0, 0.1) is 5.92 Å². The highest BCUT2D eigenvalue weighted by Gasteiger charge is 2.49. The molecule has 1 heterocycles. The van der Waals surface area contributed by atoms with Gasteiger partial charge in [-0.15, -0.1) is 0 Å². The van der Waals surface area contributed by atoms with E-state index in [1.807, 2.05) is 0 Å². The lowest BCUT2D eigenvalue weighted by Gasteiger charge is -2.34. The van der Waals surface area contributed by atoms with E-state index in [2.05, 4.69) is 0 Å². The molecular formula is C17H18O8P2. The number of carbonyl (C=O) groups excluding carboxylic acids is 1. The van der Waals surface area contributed by atoms with Crippen LogP contribution in [0.25, 0.3) is 0 Å². The molecule has 0 saturated heterocycles. The minimum absolute atomic E-state index is 0.213. The van der Waals surface area contributed by atoms with Gasteiger partial charge in [0.05, 0.1) is 11.5 Å². The number of carbonyl (C=O) groups is 1. The van der Waals surface area contributed by atoms with Crippen molar-refractivity contribution in [3.05, 3.63) is 65.7 Å². The van der Waals surface area contributed by atoms with Crippen molar-refractivity contribution >= 4 is 21.0 Å². The smallest absolute Gasteiger partial charge is 0.340 e. The Morgan fingerprint density at radius 2 is 1.44 bits per heavy atom. The van der Waals surface area contributed by atoms with Crippen LogP contribution in [0.4, 0.5) is 0 Å². The molecule has 0 radical (unpaired) electrons. The highest BCUT2D eigenvalue weighted by atomic mass is 31.2. The zero-order valence-electron chi connectivity index (χ0n) is 14.0. The summed E-state index contributed by atoms with van der Waals surface area (Å²) in [4.78, 5) is 50.8. The summed E-state index contributed by atoms with van der Waals surface area (Å²) in [6.07, 6.45) is -1.63. The molecule has 0 aliphatic carbocycles. The highest BCUT2D eigenvalue weighted by molar-refractivity contribution is 7.70. The van der Waals surface area contributed by atoms with Crippen LogP contribution in [0.15, 0.2) is 54.6 Å². The van der Waals surface area contributed by atoms with Gasteiger partial charge in [0.1, 0.15) is 11.9 Å². The molecule has 0 saturated carbocycles. The summed E-state index contributed by atoms with van der Waals surface area (Å²) in [6, 6.07) is 15.0. The molecule has 4 N–H and O–H groups in total. The Kier molecular flexibility index (Phi) is 5.41. The molecule has 8 nitrogen and oxygen atoms in total. The average molecular weight is 412 g/mol. The quantitative estimate of drug-likeness (QED) is 0.550. The molecule has 0 aromatic heterocycles. The van der Waals surface area contributed by atoms with Gasteiger partial charge < -0.3 is 24.3 Å². The molecule has 0 fully saturated rings. The second-order valence-corrected chi connectivity index (χ2v) is 10.3. The Bertz CT molecular complexity index is 911. The third-order valence-electron chi connectivity index (χ3n) is 4.48. The van der Waals surface area contributed by atoms with Crippen molar-refractivity contribution in [1.82, 2.24) is 0 Å². The SMILES string of the molecule is O=C1c2ccccc2OC(c2ccccc2)C1CC(P(=O)(O)O)P(=O)(O)O. The fraction of sp³-hybridized carbons (Fsp3) is 0.235. The molecule has 1 aliphatic heterocycles. The number of hydrogen-bond acceptors (Lipinski definition) is 4. The maximum atomic E-state index is 13.0. The Hall–Kier alpha value is -1.79. The van der Waals surface area contributed by atoms with E-state index in [-0.39, 0.29) is 5.56 Å². The van der Waals surface area contributed by atoms with Gasteiger partial charge in [-0.3, -0.25) is 13.9 Å². The van der Waals surface area contributed by atoms with E-state index in [4.69, 9.17) is 4.74 Å². The minimum atomic E-state index is -5.16. The Balaban J connectivity index is 2.07. The molecule has 2 unspecified atom stereocenters. The predicted molar refractivity (Wildman–Crippen MR) is 96.6 cm³/mol. The van der Waals surface area contributed by atoms with Gasteiger partial charge in [0.25, 0.3) is 0 Å². The molecule has 27 heavy (non-hydrogen) atoms. The van der Waals surface area contributed by atoms with Gasteiger partial charge in [0.2, 0.25) is 0 Å². The molecule has 3 rings (SSSR count). The lowest BCUT2D eigenvalue weighted by atomic mass is 9.84. The standard InChI is InChI=1S/C17H18O8P2/c18-16-12-8-4-5-9-14(12)25-17(11-6-2-1-3-7-11)13(16)10-15(26(19,20)21)27(22,23)24/h1-9,13,15,17H,10H2,(H2,19,20,21)(H2,22,23,24). The van der Waals surface area contributed by atoms with Crippen LogP contribution in [-0.2, 0) is 9.13 Å². The lowest BCUT2D eigenvalue weighted by Crippen LogP contribution is -2.34. The summed E-state index contributed by atoms with van der Waals surface area (Å²) in [7, 11) is -10.3. The number of ketones is 1. The molecule has 2 atom stereocenters. The number of benzene rings is 2. The van der Waals surface area contributed by atoms with Crippen LogP contribution >= 0.6 is 15.2 Å². The van der Waals surface area contributed by atoms with Gasteiger partial charge in [0, 0.05) is 0 Å². The van der Waals surface area contributed by atoms with E-state index < -0.39 is 44.8 Å². The van der Waals surface area contributed by atoms with Gasteiger partial charge in [-0.2, -0.15) is 0 Å². The first-order chi connectivity index (χ1) is 12.6. The fourth-order valence-corrected chi connectivity index (χ4v) is 5.77. The van der Waals surface area contributed by atoms with Gasteiger partial charge in [0.15, 0.2) is 11.2 Å². The topological polar surface area (TPSA) is 141 Å². The second-order valence-electron chi connectivity index (χ2n) is 6.31. The predicted octanol–water partition coefficient (Wildman–Crippen LogP) is 2.69. The van der Waals surface area contributed by atoms with Crippen LogP contribution in [0.1, 0.15) is 28.4 Å². The molecule has 0 bridgehead atoms. The van der Waals surface area contributed by atoms with Crippen molar-refractivity contribution in [2.75, 3.05) is 0 Å². The van der Waals surface area contributed by atoms with E-state index >= 15 is 0 Å². The minimum Gasteiger partial charge on any atom is -0.484 e. The third kappa shape index (κ3) is 4.22. The van der Waals surface area contributed by atoms with Gasteiger partial charge >= 0.3 is 15.2 Å². The summed E-state index contributed by atoms with van der Waals surface area (Å²) in [6.45, 7) is 0. The summed E-state index contributed by atoms with van der Waals surface area (Å²) < 4.78 is 29.3. The van der Waals surface area contributed by atoms with Crippen LogP contribution in [0.3, 0.4) is 0 Å². The molecule has 144 valence electrons. The number of Topliss-reactive ketones (excluding diaryl/α,β-unsaturated/α-hetero) is 1. The zero-order chi connectivity index (χ0) is 19.8. The van der Waals surface area contributed by atoms with Crippen molar-refractivity contribution < 1.29 is 38.2 Å². The summed E-state index contributed by atoms with van der Waals surface area (Å²) in [5, 5.41) is -2.28. The Morgan fingerprint density at radius 1 is 0.889 bits per heavy atom. The number of ether oxygens (including phenoxy) is 1. The summed E-state index contributed by atoms with van der Waals surface area (Å²) in [5.74, 6) is -1.32. The largest absolute Gasteiger partial charge is 0.484 e. The van der Waals surface area contributed by atoms with Crippen molar-refractivity contribution in [1.29, 1.82) is 0 Å². The Morgan fingerprint density at radius 3 is 2.04 bits per heavy atom. The molecule has 10 heteroatoms. The van der Waals surface area contributed by atoms with Crippen LogP contribution < -0.4 is 4.74 Å². The van der Waals surface area contributed by atoms with Crippen molar-refractivity contribution in [3.8, 4) is 5.75 Å². The van der Waals surface area contributed by atoms with Crippen molar-refractivity contribution in [2.45, 2.75) is 17.9 Å². The normalized spacial score (nSPS) is 20.3. The van der Waals surface area contributed by atoms with E-state index in [1.165, 1.54) is 6.07 Å². The first-order valence-corrected chi connectivity index (χ1v) is 11.4. The first-order valence-electron chi connectivity index (χ1n) is 8.04. The lowest BCUT2D eigenvalue weighted by molar-refractivity contribution is 0.0639. The van der Waals surface area contributed by atoms with E-state index in [0.29, 0.717) is 11.3 Å². The highest BCUT2D eigenvalue weighted by Crippen LogP contribution is 2.63. The van der Waals surface area contributed by atoms with Crippen molar-refractivity contribution in [3.63, 3.8) is 0 Å². The van der Waals surface area contributed by atoms with Gasteiger partial charge in [-0.05, 0) is 24.1 Å². The maximum Gasteiger partial charge on any atom is 0.340 e. The zero-order valence-corrected chi connectivity index (χ0v) is 15.7. The molecule has 2 aromatic rings. The summed E-state index contributed by atoms with van der Waals surface area (Å²) in [5.41, 5.74) is 0.783. The maximum absolute atomic E-state index is 13.0. The summed E-state index contributed by atoms with van der Waals surface area (Å²) >= 11 is 0. The van der Waals surface area contributed by atoms with E-state index in [1.54, 1.807) is 48.5 Å². The van der Waals surface area contributed by atoms with Crippen LogP contribution in [0.5, 0.6) is 5.75 Å². The molecule has 0 spiro atoms. The second kappa shape index (κ2) is 7.32. The van der Waals surface area contributed by atoms with E-state index in [0.717, 1.165) is 0 Å². The number of para-hydroxylation sites is 1. The number of hydrogen-bond donors (Lipinski definition) is 4. The molecule has 1 aliphatic rings. The fourth-order valence-electron chi connectivity index (χ4n) is 3.20. The van der Waals surface area contributed by atoms with Gasteiger partial charge in [-0.25, -0.2) is 0 Å². The third-order valence-corrected chi connectivity index (χ3v) is 8.26. The number of rotatable bonds is 5. The van der Waals surface area contributed by atoms with E-state index in [9.17, 15) is 33.5 Å². The van der Waals surface area contributed by atoms with Crippen molar-refractivity contribution in [2.24, 2.45) is 5.92 Å². The van der Waals surface area contributed by atoms with Crippen LogP contribution in [-0.4, -0.2) is 30.8 Å². The monoisotopic (exact) mass is 412 g/mol. The molecule has 2 aromatic carbocycles. The first kappa shape index (κ1) is 20.0. The van der Waals surface area contributed by atoms with Crippen LogP contribution in [0.2, 0.25) is 0 Å². The molecule has 0 amide bonds. The average Bonchev–Trinajstić information content (AvgIpc) is 2.59.